The number of ether oxygens (including phenoxy) is 3. The van der Waals surface area contributed by atoms with Gasteiger partial charge < -0.3 is 19.1 Å². The van der Waals surface area contributed by atoms with E-state index in [1.807, 2.05) is 30.3 Å². The van der Waals surface area contributed by atoms with Crippen LogP contribution in [0, 0.1) is 11.3 Å². The number of nitrogens with zero attached hydrogens (tertiary/aromatic N) is 2. The molecule has 1 unspecified atom stereocenters. The van der Waals surface area contributed by atoms with Crippen molar-refractivity contribution in [3.05, 3.63) is 53.6 Å². The molecular weight excluding hydrogens is 352 g/mol. The molecule has 5 heteroatoms. The van der Waals surface area contributed by atoms with Crippen LogP contribution in [0.3, 0.4) is 0 Å². The lowest BCUT2D eigenvalue weighted by molar-refractivity contribution is 0.327. The maximum atomic E-state index is 9.62. The number of hydrogen-bond acceptors (Lipinski definition) is 5. The summed E-state index contributed by atoms with van der Waals surface area (Å²) in [6, 6.07) is 16.3. The highest BCUT2D eigenvalue weighted by Gasteiger charge is 2.14. The number of rotatable bonds is 11. The van der Waals surface area contributed by atoms with Gasteiger partial charge in [-0.25, -0.2) is 0 Å². The second-order valence-corrected chi connectivity index (χ2v) is 6.87. The van der Waals surface area contributed by atoms with E-state index in [0.717, 1.165) is 43.7 Å². The van der Waals surface area contributed by atoms with Crippen molar-refractivity contribution in [1.82, 2.24) is 4.90 Å². The molecule has 0 N–H and O–H groups in total. The maximum absolute atomic E-state index is 9.62. The van der Waals surface area contributed by atoms with Crippen molar-refractivity contribution in [2.45, 2.75) is 25.2 Å². The minimum atomic E-state index is -0.171. The Labute approximate surface area is 168 Å². The quantitative estimate of drug-likeness (QED) is 0.581. The summed E-state index contributed by atoms with van der Waals surface area (Å²) in [5.41, 5.74) is 2.21. The Morgan fingerprint density at radius 3 is 2.21 bits per heavy atom. The first-order valence-corrected chi connectivity index (χ1v) is 9.53. The second-order valence-electron chi connectivity index (χ2n) is 6.87. The summed E-state index contributed by atoms with van der Waals surface area (Å²) in [4.78, 5) is 2.31. The van der Waals surface area contributed by atoms with Crippen LogP contribution in [0.4, 0.5) is 0 Å². The minimum Gasteiger partial charge on any atom is -0.497 e. The summed E-state index contributed by atoms with van der Waals surface area (Å²) >= 11 is 0. The van der Waals surface area contributed by atoms with Gasteiger partial charge in [-0.1, -0.05) is 12.1 Å². The molecule has 2 aromatic carbocycles. The molecule has 5 nitrogen and oxygen atoms in total. The van der Waals surface area contributed by atoms with E-state index in [1.165, 1.54) is 5.56 Å². The first kappa shape index (κ1) is 21.6. The molecule has 0 heterocycles. The Morgan fingerprint density at radius 1 is 0.929 bits per heavy atom. The van der Waals surface area contributed by atoms with Gasteiger partial charge in [0.25, 0.3) is 0 Å². The van der Waals surface area contributed by atoms with Gasteiger partial charge in [0, 0.05) is 12.6 Å². The molecule has 150 valence electrons. The van der Waals surface area contributed by atoms with Gasteiger partial charge in [0.05, 0.1) is 33.3 Å². The van der Waals surface area contributed by atoms with Gasteiger partial charge in [0.1, 0.15) is 17.2 Å². The normalized spacial score (nSPS) is 11.7. The zero-order valence-electron chi connectivity index (χ0n) is 17.3. The Bertz CT molecular complexity index is 763. The highest BCUT2D eigenvalue weighted by Crippen LogP contribution is 2.29. The summed E-state index contributed by atoms with van der Waals surface area (Å²) in [6.07, 6.45) is 2.73. The van der Waals surface area contributed by atoms with Gasteiger partial charge in [0.2, 0.25) is 0 Å². The average Bonchev–Trinajstić information content (AvgIpc) is 2.74. The predicted octanol–water partition coefficient (Wildman–Crippen LogP) is 4.27. The third-order valence-corrected chi connectivity index (χ3v) is 4.88. The second kappa shape index (κ2) is 11.2. The van der Waals surface area contributed by atoms with E-state index in [1.54, 1.807) is 21.3 Å². The molecule has 0 saturated carbocycles. The van der Waals surface area contributed by atoms with Crippen LogP contribution in [0.25, 0.3) is 0 Å². The third kappa shape index (κ3) is 6.47. The van der Waals surface area contributed by atoms with Crippen LogP contribution in [0.15, 0.2) is 42.5 Å². The Kier molecular flexibility index (Phi) is 8.64. The Hall–Kier alpha value is -2.71. The molecule has 0 aromatic heterocycles. The molecule has 2 rings (SSSR count). The van der Waals surface area contributed by atoms with Crippen LogP contribution < -0.4 is 14.2 Å². The van der Waals surface area contributed by atoms with E-state index in [0.29, 0.717) is 11.5 Å². The lowest BCUT2D eigenvalue weighted by Gasteiger charge is -2.18. The summed E-state index contributed by atoms with van der Waals surface area (Å²) < 4.78 is 15.9. The fourth-order valence-corrected chi connectivity index (χ4v) is 3.16. The molecule has 0 aliphatic heterocycles. The summed E-state index contributed by atoms with van der Waals surface area (Å²) in [5, 5.41) is 9.62. The number of methoxy groups -OCH3 is 3. The van der Waals surface area contributed by atoms with Crippen molar-refractivity contribution < 1.29 is 14.2 Å². The van der Waals surface area contributed by atoms with Gasteiger partial charge >= 0.3 is 0 Å². The van der Waals surface area contributed by atoms with E-state index >= 15 is 0 Å². The number of hydrogen-bond donors (Lipinski definition) is 0. The fraction of sp³-hybridized carbons (Fsp3) is 0.435. The van der Waals surface area contributed by atoms with Crippen LogP contribution in [-0.4, -0.2) is 46.4 Å². The molecule has 1 atom stereocenters. The predicted molar refractivity (Wildman–Crippen MR) is 111 cm³/mol. The van der Waals surface area contributed by atoms with Gasteiger partial charge in [-0.15, -0.1) is 0 Å². The number of nitriles is 1. The van der Waals surface area contributed by atoms with E-state index in [-0.39, 0.29) is 5.92 Å². The van der Waals surface area contributed by atoms with Crippen molar-refractivity contribution >= 4 is 0 Å². The maximum Gasteiger partial charge on any atom is 0.122 e. The highest BCUT2D eigenvalue weighted by molar-refractivity contribution is 5.41. The van der Waals surface area contributed by atoms with Gasteiger partial charge in [-0.3, -0.25) is 0 Å². The van der Waals surface area contributed by atoms with Crippen molar-refractivity contribution in [1.29, 1.82) is 5.26 Å². The lowest BCUT2D eigenvalue weighted by Crippen LogP contribution is -2.22. The van der Waals surface area contributed by atoms with Crippen molar-refractivity contribution in [2.75, 3.05) is 41.5 Å². The third-order valence-electron chi connectivity index (χ3n) is 4.88. The largest absolute Gasteiger partial charge is 0.497 e. The molecule has 0 fully saturated rings. The van der Waals surface area contributed by atoms with Crippen molar-refractivity contribution in [2.24, 2.45) is 0 Å². The fourth-order valence-electron chi connectivity index (χ4n) is 3.16. The topological polar surface area (TPSA) is 54.7 Å². The molecule has 0 saturated heterocycles. The standard InChI is InChI=1S/C23H30N2O3/c1-25(12-10-18-7-5-9-21(13-18)26-2)11-6-8-19(17-24)20-14-22(27-3)16-23(15-20)28-4/h5,7,9,13-16,19H,6,8,10-12H2,1-4H3. The minimum absolute atomic E-state index is 0.171. The average molecular weight is 383 g/mol. The van der Waals surface area contributed by atoms with E-state index < -0.39 is 0 Å². The van der Waals surface area contributed by atoms with Gasteiger partial charge in [-0.05, 0) is 68.2 Å². The highest BCUT2D eigenvalue weighted by atomic mass is 16.5. The lowest BCUT2D eigenvalue weighted by atomic mass is 9.95. The smallest absolute Gasteiger partial charge is 0.122 e. The van der Waals surface area contributed by atoms with Gasteiger partial charge in [-0.2, -0.15) is 5.26 Å². The van der Waals surface area contributed by atoms with Crippen molar-refractivity contribution in [3.63, 3.8) is 0 Å². The summed E-state index contributed by atoms with van der Waals surface area (Å²) in [5.74, 6) is 2.15. The molecule has 0 bridgehead atoms. The van der Waals surface area contributed by atoms with Crippen LogP contribution in [0.2, 0.25) is 0 Å². The van der Waals surface area contributed by atoms with Gasteiger partial charge in [0.15, 0.2) is 0 Å². The SMILES string of the molecule is COc1cccc(CCN(C)CCCC(C#N)c2cc(OC)cc(OC)c2)c1. The van der Waals surface area contributed by atoms with Crippen LogP contribution in [0.1, 0.15) is 29.9 Å². The molecular formula is C23H30N2O3. The Balaban J connectivity index is 1.84. The number of benzene rings is 2. The molecule has 28 heavy (non-hydrogen) atoms. The van der Waals surface area contributed by atoms with E-state index in [2.05, 4.69) is 30.1 Å². The molecule has 0 aliphatic carbocycles. The zero-order valence-corrected chi connectivity index (χ0v) is 17.3. The molecule has 2 aromatic rings. The van der Waals surface area contributed by atoms with Crippen LogP contribution in [-0.2, 0) is 6.42 Å². The molecule has 0 spiro atoms. The summed E-state index contributed by atoms with van der Waals surface area (Å²) in [6.45, 7) is 1.92. The van der Waals surface area contributed by atoms with Crippen molar-refractivity contribution in [3.8, 4) is 23.3 Å². The van der Waals surface area contributed by atoms with E-state index in [9.17, 15) is 5.26 Å². The van der Waals surface area contributed by atoms with Crippen LogP contribution in [0.5, 0.6) is 17.2 Å². The van der Waals surface area contributed by atoms with E-state index in [4.69, 9.17) is 14.2 Å². The monoisotopic (exact) mass is 382 g/mol. The molecule has 0 amide bonds. The molecule has 0 radical (unpaired) electrons. The van der Waals surface area contributed by atoms with Crippen LogP contribution >= 0.6 is 0 Å². The zero-order chi connectivity index (χ0) is 20.4. The first-order chi connectivity index (χ1) is 13.6. The molecule has 0 aliphatic rings. The number of likely N-dealkylation sites (N-methyl/N-ethyl adjacent to an activating group) is 1. The Morgan fingerprint density at radius 2 is 1.61 bits per heavy atom. The first-order valence-electron chi connectivity index (χ1n) is 9.53. The summed E-state index contributed by atoms with van der Waals surface area (Å²) in [7, 11) is 7.05.